The molecule has 0 aliphatic carbocycles. The number of ether oxygens (including phenoxy) is 1. The maximum atomic E-state index is 10.9. The molecule has 0 aliphatic rings. The standard InChI is InChI=1S/C13H21N3O3/c1-4-19-13-9-11(8-12(10-13)16(17)18)15(3)7-5-6-14-2/h8-10,14H,4-7H2,1-3H3. The fraction of sp³-hybridized carbons (Fsp3) is 0.538. The molecule has 0 amide bonds. The lowest BCUT2D eigenvalue weighted by Crippen LogP contribution is -2.22. The van der Waals surface area contributed by atoms with Crippen molar-refractivity contribution in [3.63, 3.8) is 0 Å². The largest absolute Gasteiger partial charge is 0.494 e. The van der Waals surface area contributed by atoms with Crippen molar-refractivity contribution in [1.82, 2.24) is 5.32 Å². The smallest absolute Gasteiger partial charge is 0.275 e. The molecular weight excluding hydrogens is 246 g/mol. The lowest BCUT2D eigenvalue weighted by Gasteiger charge is -2.19. The van der Waals surface area contributed by atoms with E-state index in [1.807, 2.05) is 32.0 Å². The van der Waals surface area contributed by atoms with E-state index in [9.17, 15) is 10.1 Å². The molecular formula is C13H21N3O3. The Hall–Kier alpha value is -1.82. The molecule has 0 heterocycles. The van der Waals surface area contributed by atoms with E-state index in [1.54, 1.807) is 6.07 Å². The van der Waals surface area contributed by atoms with Gasteiger partial charge in [0.05, 0.1) is 17.6 Å². The number of rotatable bonds is 8. The molecule has 0 fully saturated rings. The van der Waals surface area contributed by atoms with Crippen LogP contribution in [0.1, 0.15) is 13.3 Å². The quantitative estimate of drug-likeness (QED) is 0.443. The van der Waals surface area contributed by atoms with Crippen molar-refractivity contribution in [1.29, 1.82) is 0 Å². The third-order valence-electron chi connectivity index (χ3n) is 2.76. The molecule has 0 aromatic heterocycles. The number of non-ortho nitro benzene ring substituents is 1. The highest BCUT2D eigenvalue weighted by atomic mass is 16.6. The second kappa shape index (κ2) is 7.58. The Labute approximate surface area is 113 Å². The molecule has 0 aliphatic heterocycles. The van der Waals surface area contributed by atoms with E-state index >= 15 is 0 Å². The molecule has 106 valence electrons. The number of nitro groups is 1. The Bertz CT molecular complexity index is 424. The number of hydrogen-bond donors (Lipinski definition) is 1. The summed E-state index contributed by atoms with van der Waals surface area (Å²) in [5.74, 6) is 0.534. The maximum Gasteiger partial charge on any atom is 0.275 e. The van der Waals surface area contributed by atoms with E-state index in [2.05, 4.69) is 5.32 Å². The number of nitrogens with one attached hydrogen (secondary N) is 1. The molecule has 0 spiro atoms. The van der Waals surface area contributed by atoms with Crippen LogP contribution in [0.4, 0.5) is 11.4 Å². The summed E-state index contributed by atoms with van der Waals surface area (Å²) < 4.78 is 5.37. The highest BCUT2D eigenvalue weighted by Crippen LogP contribution is 2.28. The predicted octanol–water partition coefficient (Wildman–Crippen LogP) is 2.04. The monoisotopic (exact) mass is 267 g/mol. The average Bonchev–Trinajstić information content (AvgIpc) is 2.39. The van der Waals surface area contributed by atoms with Gasteiger partial charge in [0.15, 0.2) is 0 Å². The van der Waals surface area contributed by atoms with Crippen molar-refractivity contribution in [2.75, 3.05) is 38.7 Å². The number of anilines is 1. The SMILES string of the molecule is CCOc1cc(N(C)CCCNC)cc([N+](=O)[O-])c1. The lowest BCUT2D eigenvalue weighted by atomic mass is 10.2. The van der Waals surface area contributed by atoms with Gasteiger partial charge in [0.1, 0.15) is 5.75 Å². The van der Waals surface area contributed by atoms with Crippen molar-refractivity contribution in [3.8, 4) is 5.75 Å². The van der Waals surface area contributed by atoms with Gasteiger partial charge in [-0.25, -0.2) is 0 Å². The minimum Gasteiger partial charge on any atom is -0.494 e. The summed E-state index contributed by atoms with van der Waals surface area (Å²) in [6.07, 6.45) is 0.972. The summed E-state index contributed by atoms with van der Waals surface area (Å²) >= 11 is 0. The zero-order valence-corrected chi connectivity index (χ0v) is 11.7. The Morgan fingerprint density at radius 3 is 2.74 bits per heavy atom. The van der Waals surface area contributed by atoms with Gasteiger partial charge in [-0.2, -0.15) is 0 Å². The molecule has 0 saturated heterocycles. The molecule has 0 bridgehead atoms. The fourth-order valence-electron chi connectivity index (χ4n) is 1.77. The molecule has 0 radical (unpaired) electrons. The second-order valence-corrected chi connectivity index (χ2v) is 4.25. The van der Waals surface area contributed by atoms with Gasteiger partial charge in [-0.15, -0.1) is 0 Å². The normalized spacial score (nSPS) is 10.3. The lowest BCUT2D eigenvalue weighted by molar-refractivity contribution is -0.384. The van der Waals surface area contributed by atoms with Gasteiger partial charge in [-0.05, 0) is 26.9 Å². The van der Waals surface area contributed by atoms with Gasteiger partial charge in [-0.3, -0.25) is 10.1 Å². The minimum atomic E-state index is -0.395. The van der Waals surface area contributed by atoms with E-state index in [1.165, 1.54) is 6.07 Å². The first-order chi connectivity index (χ1) is 9.08. The molecule has 0 atom stereocenters. The molecule has 19 heavy (non-hydrogen) atoms. The number of benzene rings is 1. The van der Waals surface area contributed by atoms with Crippen LogP contribution < -0.4 is 15.0 Å². The summed E-state index contributed by atoms with van der Waals surface area (Å²) in [6, 6.07) is 4.85. The fourth-order valence-corrected chi connectivity index (χ4v) is 1.77. The van der Waals surface area contributed by atoms with E-state index in [4.69, 9.17) is 4.74 Å². The Morgan fingerprint density at radius 1 is 1.42 bits per heavy atom. The average molecular weight is 267 g/mol. The Balaban J connectivity index is 2.88. The molecule has 1 rings (SSSR count). The Morgan fingerprint density at radius 2 is 2.16 bits per heavy atom. The van der Waals surface area contributed by atoms with E-state index in [0.717, 1.165) is 25.2 Å². The van der Waals surface area contributed by atoms with Gasteiger partial charge in [0.25, 0.3) is 5.69 Å². The van der Waals surface area contributed by atoms with E-state index in [0.29, 0.717) is 12.4 Å². The van der Waals surface area contributed by atoms with Gasteiger partial charge in [0.2, 0.25) is 0 Å². The number of hydrogen-bond acceptors (Lipinski definition) is 5. The van der Waals surface area contributed by atoms with Crippen molar-refractivity contribution in [2.24, 2.45) is 0 Å². The van der Waals surface area contributed by atoms with Crippen LogP contribution in [0.25, 0.3) is 0 Å². The third-order valence-corrected chi connectivity index (χ3v) is 2.76. The second-order valence-electron chi connectivity index (χ2n) is 4.25. The highest BCUT2D eigenvalue weighted by molar-refractivity contribution is 5.57. The topological polar surface area (TPSA) is 67.6 Å². The molecule has 1 aromatic rings. The molecule has 0 saturated carbocycles. The van der Waals surface area contributed by atoms with Crippen LogP contribution in [-0.2, 0) is 0 Å². The number of nitrogens with zero attached hydrogens (tertiary/aromatic N) is 2. The molecule has 1 N–H and O–H groups in total. The summed E-state index contributed by atoms with van der Waals surface area (Å²) in [7, 11) is 3.82. The molecule has 6 nitrogen and oxygen atoms in total. The Kier molecular flexibility index (Phi) is 6.08. The number of nitro benzene ring substituents is 1. The molecule has 6 heteroatoms. The summed E-state index contributed by atoms with van der Waals surface area (Å²) in [4.78, 5) is 12.5. The van der Waals surface area contributed by atoms with Crippen LogP contribution in [0.5, 0.6) is 5.75 Å². The summed E-state index contributed by atoms with van der Waals surface area (Å²) in [5.41, 5.74) is 0.857. The van der Waals surface area contributed by atoms with Crippen LogP contribution in [0.15, 0.2) is 18.2 Å². The van der Waals surface area contributed by atoms with Crippen molar-refractivity contribution in [3.05, 3.63) is 28.3 Å². The summed E-state index contributed by atoms with van der Waals surface area (Å²) in [5, 5.41) is 14.0. The zero-order chi connectivity index (χ0) is 14.3. The van der Waals surface area contributed by atoms with Crippen molar-refractivity contribution >= 4 is 11.4 Å². The zero-order valence-electron chi connectivity index (χ0n) is 11.7. The predicted molar refractivity (Wildman–Crippen MR) is 76.1 cm³/mol. The highest BCUT2D eigenvalue weighted by Gasteiger charge is 2.12. The van der Waals surface area contributed by atoms with Gasteiger partial charge in [-0.1, -0.05) is 0 Å². The first-order valence-corrected chi connectivity index (χ1v) is 6.36. The van der Waals surface area contributed by atoms with Crippen LogP contribution in [-0.4, -0.2) is 38.7 Å². The molecule has 1 aromatic carbocycles. The van der Waals surface area contributed by atoms with Gasteiger partial charge < -0.3 is 15.0 Å². The van der Waals surface area contributed by atoms with Crippen LogP contribution in [0.3, 0.4) is 0 Å². The van der Waals surface area contributed by atoms with E-state index in [-0.39, 0.29) is 5.69 Å². The van der Waals surface area contributed by atoms with Crippen LogP contribution in [0.2, 0.25) is 0 Å². The third kappa shape index (κ3) is 4.75. The van der Waals surface area contributed by atoms with Crippen molar-refractivity contribution < 1.29 is 9.66 Å². The van der Waals surface area contributed by atoms with Crippen LogP contribution >= 0.6 is 0 Å². The maximum absolute atomic E-state index is 10.9. The van der Waals surface area contributed by atoms with Gasteiger partial charge >= 0.3 is 0 Å². The van der Waals surface area contributed by atoms with Crippen molar-refractivity contribution in [2.45, 2.75) is 13.3 Å². The van der Waals surface area contributed by atoms with Gasteiger partial charge in [0, 0.05) is 31.4 Å². The van der Waals surface area contributed by atoms with E-state index < -0.39 is 4.92 Å². The summed E-state index contributed by atoms with van der Waals surface area (Å²) in [6.45, 7) is 4.09. The van der Waals surface area contributed by atoms with Crippen LogP contribution in [0, 0.1) is 10.1 Å². The first kappa shape index (κ1) is 15.2. The first-order valence-electron chi connectivity index (χ1n) is 6.36. The molecule has 0 unspecified atom stereocenters. The minimum absolute atomic E-state index is 0.0569.